The number of carbonyl (C=O) groups is 1. The number of benzene rings is 2. The van der Waals surface area contributed by atoms with Crippen LogP contribution in [0.15, 0.2) is 42.5 Å². The Morgan fingerprint density at radius 2 is 1.63 bits per heavy atom. The van der Waals surface area contributed by atoms with E-state index in [0.717, 1.165) is 11.6 Å². The molecule has 2 aromatic carbocycles. The van der Waals surface area contributed by atoms with Crippen LogP contribution in [0.25, 0.3) is 0 Å². The van der Waals surface area contributed by atoms with Crippen LogP contribution in [-0.4, -0.2) is 53.0 Å². The minimum absolute atomic E-state index is 0. The molecule has 0 unspecified atom stereocenters. The van der Waals surface area contributed by atoms with Gasteiger partial charge in [0.1, 0.15) is 11.6 Å². The van der Waals surface area contributed by atoms with Crippen LogP contribution in [0, 0.1) is 29.4 Å². The van der Waals surface area contributed by atoms with Crippen molar-refractivity contribution in [2.24, 2.45) is 17.8 Å². The van der Waals surface area contributed by atoms with Gasteiger partial charge in [-0.1, -0.05) is 43.6 Å². The normalized spacial score (nSPS) is 29.3. The Hall–Kier alpha value is -1.73. The average molecular weight is 527 g/mol. The summed E-state index contributed by atoms with van der Waals surface area (Å²) in [5, 5.41) is 12.3. The van der Waals surface area contributed by atoms with Crippen LogP contribution in [0.1, 0.15) is 44.7 Å². The zero-order valence-corrected chi connectivity index (χ0v) is 22.1. The van der Waals surface area contributed by atoms with Crippen molar-refractivity contribution in [3.05, 3.63) is 70.2 Å². The maximum absolute atomic E-state index is 14.7. The van der Waals surface area contributed by atoms with Gasteiger partial charge in [-0.05, 0) is 43.2 Å². The number of likely N-dealkylation sites (tertiary alicyclic amines) is 2. The molecule has 2 aliphatic rings. The van der Waals surface area contributed by atoms with E-state index in [1.165, 1.54) is 12.1 Å². The fourth-order valence-corrected chi connectivity index (χ4v) is 5.95. The molecule has 2 heterocycles. The highest BCUT2D eigenvalue weighted by molar-refractivity contribution is 6.30. The Morgan fingerprint density at radius 1 is 1.03 bits per heavy atom. The molecule has 1 amide bonds. The summed E-state index contributed by atoms with van der Waals surface area (Å²) in [6, 6.07) is 11.1. The number of halogens is 4. The topological polar surface area (TPSA) is 43.8 Å². The molecule has 2 aromatic rings. The highest BCUT2D eigenvalue weighted by atomic mass is 35.5. The zero-order valence-electron chi connectivity index (χ0n) is 20.5. The van der Waals surface area contributed by atoms with Crippen molar-refractivity contribution in [3.63, 3.8) is 0 Å². The molecular weight excluding hydrogens is 493 g/mol. The molecule has 0 aromatic heterocycles. The Kier molecular flexibility index (Phi) is 8.53. The van der Waals surface area contributed by atoms with Gasteiger partial charge in [0.05, 0.1) is 11.5 Å². The van der Waals surface area contributed by atoms with E-state index in [2.05, 4.69) is 18.7 Å². The molecule has 8 heteroatoms. The van der Waals surface area contributed by atoms with Crippen molar-refractivity contribution >= 4 is 29.9 Å². The molecule has 192 valence electrons. The van der Waals surface area contributed by atoms with Gasteiger partial charge in [-0.2, -0.15) is 0 Å². The van der Waals surface area contributed by atoms with Gasteiger partial charge in [-0.3, -0.25) is 9.69 Å². The second-order valence-corrected chi connectivity index (χ2v) is 10.7. The molecule has 2 fully saturated rings. The van der Waals surface area contributed by atoms with E-state index >= 15 is 0 Å². The Bertz CT molecular complexity index is 1040. The minimum Gasteiger partial charge on any atom is -0.384 e. The summed E-state index contributed by atoms with van der Waals surface area (Å²) in [4.78, 5) is 17.8. The second-order valence-electron chi connectivity index (χ2n) is 10.3. The van der Waals surface area contributed by atoms with Crippen LogP contribution in [0.5, 0.6) is 0 Å². The lowest BCUT2D eigenvalue weighted by Gasteiger charge is -2.48. The number of piperidine rings is 1. The lowest BCUT2D eigenvalue weighted by molar-refractivity contribution is -0.152. The fraction of sp³-hybridized carbons (Fsp3) is 0.519. The smallest absolute Gasteiger partial charge is 0.227 e. The van der Waals surface area contributed by atoms with E-state index in [4.69, 9.17) is 11.6 Å². The Balaban J connectivity index is 0.00000342. The molecule has 5 atom stereocenters. The average Bonchev–Trinajstić information content (AvgIpc) is 3.22. The van der Waals surface area contributed by atoms with Crippen molar-refractivity contribution in [2.75, 3.05) is 26.2 Å². The molecule has 0 bridgehead atoms. The van der Waals surface area contributed by atoms with E-state index in [1.54, 1.807) is 12.1 Å². The second kappa shape index (κ2) is 10.7. The molecule has 4 rings (SSSR count). The predicted octanol–water partition coefficient (Wildman–Crippen LogP) is 5.47. The molecule has 1 N–H and O–H groups in total. The lowest BCUT2D eigenvalue weighted by atomic mass is 9.70. The molecule has 0 aliphatic carbocycles. The summed E-state index contributed by atoms with van der Waals surface area (Å²) in [5.74, 6) is -2.45. The molecule has 4 nitrogen and oxygen atoms in total. The first-order chi connectivity index (χ1) is 16.0. The summed E-state index contributed by atoms with van der Waals surface area (Å²) in [7, 11) is 0. The summed E-state index contributed by atoms with van der Waals surface area (Å²) >= 11 is 6.04. The van der Waals surface area contributed by atoms with Gasteiger partial charge < -0.3 is 10.0 Å². The maximum atomic E-state index is 14.7. The van der Waals surface area contributed by atoms with Crippen molar-refractivity contribution in [1.82, 2.24) is 9.80 Å². The van der Waals surface area contributed by atoms with E-state index in [9.17, 15) is 18.7 Å². The lowest BCUT2D eigenvalue weighted by Crippen LogP contribution is -2.57. The van der Waals surface area contributed by atoms with Crippen LogP contribution in [0.2, 0.25) is 5.02 Å². The first-order valence-corrected chi connectivity index (χ1v) is 12.4. The van der Waals surface area contributed by atoms with Crippen LogP contribution in [0.4, 0.5) is 8.78 Å². The number of carbonyl (C=O) groups excluding carboxylic acids is 1. The molecule has 2 aliphatic heterocycles. The van der Waals surface area contributed by atoms with Crippen molar-refractivity contribution in [3.8, 4) is 0 Å². The highest BCUT2D eigenvalue weighted by Gasteiger charge is 2.49. The maximum Gasteiger partial charge on any atom is 0.227 e. The fourth-order valence-electron chi connectivity index (χ4n) is 5.82. The third-order valence-corrected chi connectivity index (χ3v) is 8.12. The number of amides is 1. The quantitative estimate of drug-likeness (QED) is 0.574. The summed E-state index contributed by atoms with van der Waals surface area (Å²) in [5.41, 5.74) is 0.101. The van der Waals surface area contributed by atoms with Gasteiger partial charge in [-0.25, -0.2) is 8.78 Å². The molecule has 0 spiro atoms. The first-order valence-electron chi connectivity index (χ1n) is 12.0. The zero-order chi connectivity index (χ0) is 24.8. The molecule has 2 saturated heterocycles. The number of hydrogen-bond donors (Lipinski definition) is 1. The summed E-state index contributed by atoms with van der Waals surface area (Å²) in [6.07, 6.45) is 0. The van der Waals surface area contributed by atoms with E-state index in [0.29, 0.717) is 36.8 Å². The van der Waals surface area contributed by atoms with E-state index in [1.807, 2.05) is 30.9 Å². The summed E-state index contributed by atoms with van der Waals surface area (Å²) in [6.45, 7) is 9.90. The molecule has 0 radical (unpaired) electrons. The summed E-state index contributed by atoms with van der Waals surface area (Å²) < 4.78 is 28.3. The van der Waals surface area contributed by atoms with E-state index < -0.39 is 23.2 Å². The third-order valence-electron chi connectivity index (χ3n) is 7.87. The number of aliphatic hydroxyl groups is 1. The monoisotopic (exact) mass is 526 g/mol. The Morgan fingerprint density at radius 3 is 2.17 bits per heavy atom. The van der Waals surface area contributed by atoms with Gasteiger partial charge in [0.15, 0.2) is 0 Å². The van der Waals surface area contributed by atoms with Gasteiger partial charge in [0.2, 0.25) is 5.91 Å². The largest absolute Gasteiger partial charge is 0.384 e. The van der Waals surface area contributed by atoms with Crippen molar-refractivity contribution < 1.29 is 18.7 Å². The number of hydrogen-bond acceptors (Lipinski definition) is 3. The van der Waals surface area contributed by atoms with Crippen molar-refractivity contribution in [2.45, 2.75) is 45.3 Å². The molecule has 0 saturated carbocycles. The van der Waals surface area contributed by atoms with Crippen LogP contribution >= 0.6 is 24.0 Å². The molecular formula is C27H34Cl2F2N2O2. The van der Waals surface area contributed by atoms with Gasteiger partial charge in [0, 0.05) is 61.1 Å². The predicted molar refractivity (Wildman–Crippen MR) is 137 cm³/mol. The minimum atomic E-state index is -1.08. The molecule has 35 heavy (non-hydrogen) atoms. The number of nitrogens with zero attached hydrogens (tertiary/aromatic N) is 2. The highest BCUT2D eigenvalue weighted by Crippen LogP contribution is 2.43. The van der Waals surface area contributed by atoms with Gasteiger partial charge >= 0.3 is 0 Å². The van der Waals surface area contributed by atoms with Crippen LogP contribution in [0.3, 0.4) is 0 Å². The van der Waals surface area contributed by atoms with Gasteiger partial charge in [0.25, 0.3) is 0 Å². The Labute approximate surface area is 217 Å². The third kappa shape index (κ3) is 5.22. The first kappa shape index (κ1) is 27.9. The van der Waals surface area contributed by atoms with Gasteiger partial charge in [-0.15, -0.1) is 12.4 Å². The SMILES string of the molecule is CC(C)N1C[C@@H](C(=O)N2C[C@@H](C)[C@@](O)(c3ccc(Cl)cc3)[C@@H](C)C2)[C@H](c2ccc(F)cc2F)C1.Cl. The van der Waals surface area contributed by atoms with E-state index in [-0.39, 0.29) is 42.1 Å². The van der Waals surface area contributed by atoms with Crippen molar-refractivity contribution in [1.29, 1.82) is 0 Å². The number of rotatable bonds is 4. The van der Waals surface area contributed by atoms with Crippen LogP contribution in [-0.2, 0) is 10.4 Å². The standard InChI is InChI=1S/C27H33ClF2N2O2.ClH/c1-16(2)31-14-23(22-10-9-21(29)11-25(22)30)24(15-31)26(33)32-12-17(3)27(34,18(4)13-32)19-5-7-20(28)8-6-19;/h5-11,16-18,23-24,34H,12-15H2,1-4H3;1H/t17-,18+,23-,24+,27+;/m0./s1. The van der Waals surface area contributed by atoms with Crippen LogP contribution < -0.4 is 0 Å².